The summed E-state index contributed by atoms with van der Waals surface area (Å²) in [7, 11) is 1.47. The molecule has 0 unspecified atom stereocenters. The molecule has 0 saturated carbocycles. The van der Waals surface area contributed by atoms with Crippen LogP contribution in [0.15, 0.2) is 40.9 Å². The number of rotatable bonds is 5. The Labute approximate surface area is 129 Å². The van der Waals surface area contributed by atoms with E-state index in [1.165, 1.54) is 25.3 Å². The topological polar surface area (TPSA) is 87.6 Å². The lowest BCUT2D eigenvalue weighted by Gasteiger charge is -2.13. The van der Waals surface area contributed by atoms with Gasteiger partial charge < -0.3 is 15.2 Å². The van der Waals surface area contributed by atoms with Crippen LogP contribution in [0.1, 0.15) is 5.56 Å². The van der Waals surface area contributed by atoms with Crippen LogP contribution in [0.2, 0.25) is 0 Å². The van der Waals surface area contributed by atoms with E-state index in [2.05, 4.69) is 15.9 Å². The van der Waals surface area contributed by atoms with Crippen molar-refractivity contribution in [1.29, 1.82) is 0 Å². The van der Waals surface area contributed by atoms with E-state index in [1.54, 1.807) is 6.07 Å². The van der Waals surface area contributed by atoms with Gasteiger partial charge in [-0.15, -0.1) is 0 Å². The first-order valence-corrected chi connectivity index (χ1v) is 6.83. The molecular weight excluding hydrogens is 340 g/mol. The number of methoxy groups -OCH3 is 1. The third kappa shape index (κ3) is 3.50. The van der Waals surface area contributed by atoms with Crippen molar-refractivity contribution in [2.45, 2.75) is 6.54 Å². The van der Waals surface area contributed by atoms with Crippen LogP contribution < -0.4 is 15.2 Å². The summed E-state index contributed by atoms with van der Waals surface area (Å²) in [5, 5.41) is 10.9. The maximum Gasteiger partial charge on any atom is 0.273 e. The first kappa shape index (κ1) is 15.3. The van der Waals surface area contributed by atoms with Crippen molar-refractivity contribution in [3.8, 4) is 17.2 Å². The zero-order chi connectivity index (χ0) is 15.4. The Bertz CT molecular complexity index is 676. The van der Waals surface area contributed by atoms with Gasteiger partial charge in [0.1, 0.15) is 5.75 Å². The summed E-state index contributed by atoms with van der Waals surface area (Å²) < 4.78 is 11.7. The van der Waals surface area contributed by atoms with Gasteiger partial charge in [0, 0.05) is 22.6 Å². The fraction of sp³-hybridized carbons (Fsp3) is 0.143. The third-order valence-corrected chi connectivity index (χ3v) is 3.32. The minimum atomic E-state index is -0.489. The molecule has 6 nitrogen and oxygen atoms in total. The van der Waals surface area contributed by atoms with Crippen molar-refractivity contribution in [3.05, 3.63) is 56.5 Å². The van der Waals surface area contributed by atoms with Crippen LogP contribution in [0.5, 0.6) is 17.2 Å². The number of nitrogens with two attached hydrogens (primary N) is 1. The van der Waals surface area contributed by atoms with Gasteiger partial charge in [-0.05, 0) is 18.2 Å². The van der Waals surface area contributed by atoms with Crippen LogP contribution in [0, 0.1) is 10.1 Å². The Morgan fingerprint density at radius 3 is 2.57 bits per heavy atom. The van der Waals surface area contributed by atoms with E-state index in [0.717, 1.165) is 10.0 Å². The molecule has 0 bridgehead atoms. The molecular formula is C14H13BrN2O4. The van der Waals surface area contributed by atoms with Crippen LogP contribution in [-0.4, -0.2) is 12.0 Å². The van der Waals surface area contributed by atoms with Gasteiger partial charge >= 0.3 is 0 Å². The number of ether oxygens (including phenoxy) is 2. The second kappa shape index (κ2) is 6.55. The molecule has 0 amide bonds. The first-order valence-electron chi connectivity index (χ1n) is 6.04. The monoisotopic (exact) mass is 352 g/mol. The summed E-state index contributed by atoms with van der Waals surface area (Å²) in [6.45, 7) is 0.292. The molecule has 0 atom stereocenters. The van der Waals surface area contributed by atoms with Crippen molar-refractivity contribution < 1.29 is 14.4 Å². The quantitative estimate of drug-likeness (QED) is 0.655. The molecule has 21 heavy (non-hydrogen) atoms. The second-order valence-corrected chi connectivity index (χ2v) is 5.07. The molecule has 0 spiro atoms. The Balaban J connectivity index is 2.44. The van der Waals surface area contributed by atoms with Gasteiger partial charge in [-0.25, -0.2) is 0 Å². The van der Waals surface area contributed by atoms with Crippen molar-refractivity contribution in [2.24, 2.45) is 5.73 Å². The zero-order valence-electron chi connectivity index (χ0n) is 11.2. The summed E-state index contributed by atoms with van der Waals surface area (Å²) >= 11 is 3.35. The zero-order valence-corrected chi connectivity index (χ0v) is 12.8. The molecule has 7 heteroatoms. The highest BCUT2D eigenvalue weighted by Gasteiger charge is 2.14. The normalized spacial score (nSPS) is 10.2. The highest BCUT2D eigenvalue weighted by Crippen LogP contribution is 2.36. The number of hydrogen-bond donors (Lipinski definition) is 1. The number of nitro benzene ring substituents is 1. The van der Waals surface area contributed by atoms with Gasteiger partial charge in [0.15, 0.2) is 11.5 Å². The fourth-order valence-corrected chi connectivity index (χ4v) is 2.11. The molecule has 0 fully saturated rings. The average Bonchev–Trinajstić information content (AvgIpc) is 2.47. The SMILES string of the molecule is COc1ccc([N+](=O)[O-])cc1Oc1cc(Br)ccc1CN. The van der Waals surface area contributed by atoms with Crippen LogP contribution >= 0.6 is 15.9 Å². The van der Waals surface area contributed by atoms with Crippen LogP contribution in [0.3, 0.4) is 0 Å². The number of hydrogen-bond acceptors (Lipinski definition) is 5. The maximum absolute atomic E-state index is 10.9. The Morgan fingerprint density at radius 2 is 1.95 bits per heavy atom. The number of non-ortho nitro benzene ring substituents is 1. The standard InChI is InChI=1S/C14H13BrN2O4/c1-20-12-5-4-11(17(18)19)7-14(12)21-13-6-10(15)3-2-9(13)8-16/h2-7H,8,16H2,1H3. The number of halogens is 1. The molecule has 0 aromatic heterocycles. The van der Waals surface area contributed by atoms with Crippen molar-refractivity contribution >= 4 is 21.6 Å². The molecule has 2 rings (SSSR count). The van der Waals surface area contributed by atoms with E-state index >= 15 is 0 Å². The summed E-state index contributed by atoms with van der Waals surface area (Å²) in [6.07, 6.45) is 0. The first-order chi connectivity index (χ1) is 10.0. The predicted octanol–water partition coefficient (Wildman–Crippen LogP) is 3.62. The van der Waals surface area contributed by atoms with Gasteiger partial charge in [-0.2, -0.15) is 0 Å². The third-order valence-electron chi connectivity index (χ3n) is 2.83. The molecule has 0 saturated heterocycles. The highest BCUT2D eigenvalue weighted by atomic mass is 79.9. The summed E-state index contributed by atoms with van der Waals surface area (Å²) in [4.78, 5) is 10.4. The molecule has 2 aromatic carbocycles. The summed E-state index contributed by atoms with van der Waals surface area (Å²) in [5.41, 5.74) is 6.38. The Kier molecular flexibility index (Phi) is 4.77. The van der Waals surface area contributed by atoms with E-state index in [9.17, 15) is 10.1 Å². The van der Waals surface area contributed by atoms with E-state index in [1.807, 2.05) is 12.1 Å². The van der Waals surface area contributed by atoms with E-state index < -0.39 is 4.92 Å². The minimum absolute atomic E-state index is 0.0740. The van der Waals surface area contributed by atoms with E-state index in [4.69, 9.17) is 15.2 Å². The minimum Gasteiger partial charge on any atom is -0.493 e. The lowest BCUT2D eigenvalue weighted by Crippen LogP contribution is -2.00. The largest absolute Gasteiger partial charge is 0.493 e. The molecule has 0 radical (unpaired) electrons. The smallest absolute Gasteiger partial charge is 0.273 e. The Hall–Kier alpha value is -2.12. The second-order valence-electron chi connectivity index (χ2n) is 4.15. The van der Waals surface area contributed by atoms with E-state index in [0.29, 0.717) is 18.0 Å². The van der Waals surface area contributed by atoms with Crippen LogP contribution in [0.25, 0.3) is 0 Å². The van der Waals surface area contributed by atoms with Gasteiger partial charge in [0.25, 0.3) is 5.69 Å². The molecule has 0 heterocycles. The van der Waals surface area contributed by atoms with E-state index in [-0.39, 0.29) is 11.4 Å². The number of nitrogens with zero attached hydrogens (tertiary/aromatic N) is 1. The predicted molar refractivity (Wildman–Crippen MR) is 81.8 cm³/mol. The van der Waals surface area contributed by atoms with Crippen molar-refractivity contribution in [2.75, 3.05) is 7.11 Å². The highest BCUT2D eigenvalue weighted by molar-refractivity contribution is 9.10. The van der Waals surface area contributed by atoms with Gasteiger partial charge in [0.05, 0.1) is 18.1 Å². The molecule has 110 valence electrons. The maximum atomic E-state index is 10.9. The summed E-state index contributed by atoms with van der Waals surface area (Å²) in [6, 6.07) is 9.59. The number of nitro groups is 1. The molecule has 2 N–H and O–H groups in total. The molecule has 0 aliphatic rings. The van der Waals surface area contributed by atoms with Gasteiger partial charge in [-0.3, -0.25) is 10.1 Å². The van der Waals surface area contributed by atoms with Crippen LogP contribution in [-0.2, 0) is 6.54 Å². The van der Waals surface area contributed by atoms with Gasteiger partial charge in [0.2, 0.25) is 0 Å². The lowest BCUT2D eigenvalue weighted by molar-refractivity contribution is -0.384. The van der Waals surface area contributed by atoms with Crippen LogP contribution in [0.4, 0.5) is 5.69 Å². The number of benzene rings is 2. The fourth-order valence-electron chi connectivity index (χ4n) is 1.77. The Morgan fingerprint density at radius 1 is 1.19 bits per heavy atom. The molecule has 0 aliphatic carbocycles. The van der Waals surface area contributed by atoms with Crippen molar-refractivity contribution in [1.82, 2.24) is 0 Å². The molecule has 2 aromatic rings. The van der Waals surface area contributed by atoms with Crippen molar-refractivity contribution in [3.63, 3.8) is 0 Å². The average molecular weight is 353 g/mol. The summed E-state index contributed by atoms with van der Waals surface area (Å²) in [5.74, 6) is 1.19. The lowest BCUT2D eigenvalue weighted by atomic mass is 10.2. The molecule has 0 aliphatic heterocycles. The van der Waals surface area contributed by atoms with Gasteiger partial charge in [-0.1, -0.05) is 22.0 Å².